The zero-order chi connectivity index (χ0) is 20.4. The molecule has 2 aromatic heterocycles. The molecule has 1 amide bonds. The third-order valence-corrected chi connectivity index (χ3v) is 5.38. The van der Waals surface area contributed by atoms with Crippen molar-refractivity contribution in [3.05, 3.63) is 76.9 Å². The highest BCUT2D eigenvalue weighted by atomic mass is 32.1. The number of amides is 1. The van der Waals surface area contributed by atoms with Crippen LogP contribution in [0.2, 0.25) is 0 Å². The van der Waals surface area contributed by atoms with Crippen LogP contribution in [0.15, 0.2) is 60.0 Å². The number of benzene rings is 2. The van der Waals surface area contributed by atoms with Gasteiger partial charge in [-0.05, 0) is 25.1 Å². The zero-order valence-corrected chi connectivity index (χ0v) is 16.8. The fraction of sp³-hybridized carbons (Fsp3) is 0.136. The van der Waals surface area contributed by atoms with Crippen LogP contribution < -0.4 is 4.90 Å². The Morgan fingerprint density at radius 2 is 1.83 bits per heavy atom. The molecule has 0 atom stereocenters. The van der Waals surface area contributed by atoms with E-state index in [0.29, 0.717) is 16.4 Å². The maximum atomic E-state index is 12.7. The lowest BCUT2D eigenvalue weighted by molar-refractivity contribution is -0.115. The molecule has 0 aliphatic heterocycles. The van der Waals surface area contributed by atoms with E-state index in [1.807, 2.05) is 61.5 Å². The van der Waals surface area contributed by atoms with Crippen molar-refractivity contribution >= 4 is 44.9 Å². The molecule has 0 spiro atoms. The second kappa shape index (κ2) is 7.89. The molecule has 0 saturated heterocycles. The number of esters is 1. The highest BCUT2D eigenvalue weighted by Gasteiger charge is 2.20. The van der Waals surface area contributed by atoms with Crippen molar-refractivity contribution in [2.24, 2.45) is 0 Å². The minimum absolute atomic E-state index is 0.0365. The summed E-state index contributed by atoms with van der Waals surface area (Å²) in [4.78, 5) is 34.0. The molecule has 0 fully saturated rings. The maximum absolute atomic E-state index is 12.7. The van der Waals surface area contributed by atoms with Crippen molar-refractivity contribution in [2.45, 2.75) is 20.5 Å². The monoisotopic (exact) mass is 405 g/mol. The van der Waals surface area contributed by atoms with E-state index in [1.165, 1.54) is 18.3 Å². The van der Waals surface area contributed by atoms with Gasteiger partial charge in [0.05, 0.1) is 16.9 Å². The van der Waals surface area contributed by atoms with Gasteiger partial charge in [-0.2, -0.15) is 0 Å². The number of para-hydroxylation sites is 2. The van der Waals surface area contributed by atoms with Crippen LogP contribution in [0.4, 0.5) is 10.8 Å². The van der Waals surface area contributed by atoms with Crippen LogP contribution in [0.3, 0.4) is 0 Å². The van der Waals surface area contributed by atoms with E-state index in [1.54, 1.807) is 10.3 Å². The predicted octanol–water partition coefficient (Wildman–Crippen LogP) is 4.97. The third kappa shape index (κ3) is 3.77. The Kier molecular flexibility index (Phi) is 5.14. The zero-order valence-electron chi connectivity index (χ0n) is 16.0. The average molecular weight is 405 g/mol. The second-order valence-electron chi connectivity index (χ2n) is 6.56. The summed E-state index contributed by atoms with van der Waals surface area (Å²) < 4.78 is 5.50. The van der Waals surface area contributed by atoms with E-state index in [4.69, 9.17) is 4.74 Å². The Hall–Kier alpha value is -3.45. The topological polar surface area (TPSA) is 75.3 Å². The van der Waals surface area contributed by atoms with Gasteiger partial charge in [0.1, 0.15) is 6.61 Å². The largest absolute Gasteiger partial charge is 0.455 e. The number of ether oxygens (including phenoxy) is 1. The molecular weight excluding hydrogens is 386 g/mol. The number of carbonyl (C=O) groups is 2. The van der Waals surface area contributed by atoms with Crippen LogP contribution in [0.5, 0.6) is 0 Å². The summed E-state index contributed by atoms with van der Waals surface area (Å²) in [5.74, 6) is -0.538. The number of fused-ring (bicyclic) bond motifs is 1. The van der Waals surface area contributed by atoms with Crippen LogP contribution in [-0.4, -0.2) is 21.8 Å². The van der Waals surface area contributed by atoms with Crippen molar-refractivity contribution in [3.8, 4) is 0 Å². The minimum atomic E-state index is -0.402. The molecule has 7 heteroatoms. The van der Waals surface area contributed by atoms with Crippen LogP contribution >= 0.6 is 11.3 Å². The number of thiazole rings is 1. The maximum Gasteiger partial charge on any atom is 0.340 e. The smallest absolute Gasteiger partial charge is 0.340 e. The van der Waals surface area contributed by atoms with Gasteiger partial charge in [-0.1, -0.05) is 36.4 Å². The molecule has 6 nitrogen and oxygen atoms in total. The first-order valence-corrected chi connectivity index (χ1v) is 9.97. The summed E-state index contributed by atoms with van der Waals surface area (Å²) in [6.45, 7) is 3.38. The van der Waals surface area contributed by atoms with E-state index in [9.17, 15) is 9.59 Å². The molecule has 0 unspecified atom stereocenters. The van der Waals surface area contributed by atoms with E-state index >= 15 is 0 Å². The fourth-order valence-electron chi connectivity index (χ4n) is 3.22. The predicted molar refractivity (Wildman–Crippen MR) is 114 cm³/mol. The summed E-state index contributed by atoms with van der Waals surface area (Å²) in [6.07, 6.45) is 0. The van der Waals surface area contributed by atoms with E-state index < -0.39 is 5.97 Å². The molecule has 2 heterocycles. The first-order valence-electron chi connectivity index (χ1n) is 9.09. The molecule has 0 bridgehead atoms. The quantitative estimate of drug-likeness (QED) is 0.476. The summed E-state index contributed by atoms with van der Waals surface area (Å²) in [5.41, 5.74) is 3.53. The Balaban J connectivity index is 1.51. The number of hydrogen-bond donors (Lipinski definition) is 1. The normalized spacial score (nSPS) is 10.8. The van der Waals surface area contributed by atoms with Gasteiger partial charge in [0, 0.05) is 28.9 Å². The highest BCUT2D eigenvalue weighted by molar-refractivity contribution is 7.14. The van der Waals surface area contributed by atoms with Crippen molar-refractivity contribution in [1.29, 1.82) is 0 Å². The van der Waals surface area contributed by atoms with E-state index in [2.05, 4.69) is 9.97 Å². The van der Waals surface area contributed by atoms with Gasteiger partial charge in [-0.3, -0.25) is 9.69 Å². The molecule has 0 aliphatic carbocycles. The first kappa shape index (κ1) is 18.9. The van der Waals surface area contributed by atoms with Crippen LogP contribution in [0, 0.1) is 6.92 Å². The first-order chi connectivity index (χ1) is 14.0. The second-order valence-corrected chi connectivity index (χ2v) is 7.39. The van der Waals surface area contributed by atoms with Crippen molar-refractivity contribution in [1.82, 2.24) is 9.97 Å². The lowest BCUT2D eigenvalue weighted by atomic mass is 10.1. The number of aromatic nitrogens is 2. The van der Waals surface area contributed by atoms with Gasteiger partial charge >= 0.3 is 5.97 Å². The third-order valence-electron chi connectivity index (χ3n) is 4.51. The van der Waals surface area contributed by atoms with Crippen molar-refractivity contribution in [3.63, 3.8) is 0 Å². The van der Waals surface area contributed by atoms with E-state index in [-0.39, 0.29) is 12.5 Å². The Labute approximate surface area is 171 Å². The van der Waals surface area contributed by atoms with Crippen molar-refractivity contribution < 1.29 is 14.3 Å². The van der Waals surface area contributed by atoms with Gasteiger partial charge in [0.15, 0.2) is 5.13 Å². The summed E-state index contributed by atoms with van der Waals surface area (Å²) in [6, 6.07) is 16.9. The van der Waals surface area contributed by atoms with Crippen LogP contribution in [-0.2, 0) is 16.1 Å². The number of nitrogens with zero attached hydrogens (tertiary/aromatic N) is 2. The van der Waals surface area contributed by atoms with Crippen LogP contribution in [0.25, 0.3) is 10.9 Å². The molecule has 0 radical (unpaired) electrons. The molecular formula is C22H19N3O3S. The lowest BCUT2D eigenvalue weighted by Gasteiger charge is -2.17. The SMILES string of the molecule is CC(=O)N(c1ccccc1)c1nc(COC(=O)c2c(C)[nH]c3ccccc23)cs1. The van der Waals surface area contributed by atoms with Gasteiger partial charge in [0.2, 0.25) is 5.91 Å². The fourth-order valence-corrected chi connectivity index (χ4v) is 4.09. The number of H-pyrrole nitrogens is 1. The summed E-state index contributed by atoms with van der Waals surface area (Å²) in [7, 11) is 0. The highest BCUT2D eigenvalue weighted by Crippen LogP contribution is 2.29. The lowest BCUT2D eigenvalue weighted by Crippen LogP contribution is -2.22. The number of rotatable bonds is 5. The Morgan fingerprint density at radius 1 is 1.10 bits per heavy atom. The van der Waals surface area contributed by atoms with Crippen LogP contribution in [0.1, 0.15) is 28.7 Å². The summed E-state index contributed by atoms with van der Waals surface area (Å²) in [5, 5.41) is 3.17. The number of anilines is 2. The Morgan fingerprint density at radius 3 is 2.59 bits per heavy atom. The minimum Gasteiger partial charge on any atom is -0.455 e. The number of hydrogen-bond acceptors (Lipinski definition) is 5. The van der Waals surface area contributed by atoms with Gasteiger partial charge < -0.3 is 9.72 Å². The molecule has 29 heavy (non-hydrogen) atoms. The molecule has 2 aromatic carbocycles. The molecule has 0 aliphatic rings. The Bertz CT molecular complexity index is 1180. The standard InChI is InChI=1S/C22H19N3O3S/c1-14-20(18-10-6-7-11-19(18)23-14)21(27)28-12-16-13-29-22(24-16)25(15(2)26)17-8-4-3-5-9-17/h3-11,13,23H,12H2,1-2H3. The number of nitrogens with one attached hydrogen (secondary N) is 1. The molecule has 4 rings (SSSR count). The van der Waals surface area contributed by atoms with E-state index in [0.717, 1.165) is 22.3 Å². The molecule has 0 saturated carbocycles. The van der Waals surface area contributed by atoms with Gasteiger partial charge in [0.25, 0.3) is 0 Å². The number of aromatic amines is 1. The molecule has 1 N–H and O–H groups in total. The van der Waals surface area contributed by atoms with Gasteiger partial charge in [-0.15, -0.1) is 11.3 Å². The molecule has 4 aromatic rings. The van der Waals surface area contributed by atoms with Gasteiger partial charge in [-0.25, -0.2) is 9.78 Å². The number of carbonyl (C=O) groups excluding carboxylic acids is 2. The van der Waals surface area contributed by atoms with Crippen molar-refractivity contribution in [2.75, 3.05) is 4.90 Å². The molecule has 146 valence electrons. The number of aryl methyl sites for hydroxylation is 1. The average Bonchev–Trinajstić information content (AvgIpc) is 3.30. The summed E-state index contributed by atoms with van der Waals surface area (Å²) >= 11 is 1.33.